The van der Waals surface area contributed by atoms with Crippen LogP contribution in [0.15, 0.2) is 52.3 Å². The summed E-state index contributed by atoms with van der Waals surface area (Å²) in [7, 11) is 4.46. The summed E-state index contributed by atoms with van der Waals surface area (Å²) in [6, 6.07) is 12.2. The number of benzene rings is 2. The highest BCUT2D eigenvalue weighted by Crippen LogP contribution is 2.47. The fourth-order valence-electron chi connectivity index (χ4n) is 4.53. The van der Waals surface area contributed by atoms with Crippen LogP contribution < -0.4 is 29.1 Å². The molecule has 3 unspecified atom stereocenters. The van der Waals surface area contributed by atoms with Crippen LogP contribution in [0.3, 0.4) is 0 Å². The summed E-state index contributed by atoms with van der Waals surface area (Å²) in [6.45, 7) is 1.75. The van der Waals surface area contributed by atoms with E-state index in [1.54, 1.807) is 43.9 Å². The van der Waals surface area contributed by atoms with Crippen molar-refractivity contribution in [1.82, 2.24) is 4.57 Å². The third-order valence-electron chi connectivity index (χ3n) is 6.04. The number of hydrogen-bond donors (Lipinski definition) is 0. The molecule has 3 aromatic rings. The van der Waals surface area contributed by atoms with E-state index in [0.29, 0.717) is 26.6 Å². The topological polar surface area (TPSA) is 88.4 Å². The van der Waals surface area contributed by atoms with E-state index in [1.807, 2.05) is 30.3 Å². The number of carbonyl (C=O) groups is 1. The first kappa shape index (κ1) is 21.3. The lowest BCUT2D eigenvalue weighted by Crippen LogP contribution is -2.58. The number of carbonyl (C=O) groups excluding carboxylic acids is 1. The summed E-state index contributed by atoms with van der Waals surface area (Å²) in [4.78, 5) is 31.7. The second kappa shape index (κ2) is 7.77. The van der Waals surface area contributed by atoms with Crippen molar-refractivity contribution < 1.29 is 23.7 Å². The molecule has 3 atom stereocenters. The Labute approximate surface area is 193 Å². The van der Waals surface area contributed by atoms with E-state index in [9.17, 15) is 9.59 Å². The van der Waals surface area contributed by atoms with Crippen molar-refractivity contribution in [3.05, 3.63) is 73.3 Å². The maximum Gasteiger partial charge on any atom is 0.317 e. The van der Waals surface area contributed by atoms with Crippen LogP contribution in [0, 0.1) is 5.92 Å². The van der Waals surface area contributed by atoms with Gasteiger partial charge in [-0.25, -0.2) is 4.99 Å². The van der Waals surface area contributed by atoms with E-state index in [2.05, 4.69) is 0 Å². The second-order valence-electron chi connectivity index (χ2n) is 7.93. The molecule has 0 aliphatic carbocycles. The fourth-order valence-corrected chi connectivity index (χ4v) is 5.62. The predicted molar refractivity (Wildman–Crippen MR) is 122 cm³/mol. The maximum absolute atomic E-state index is 13.6. The minimum atomic E-state index is -1.19. The van der Waals surface area contributed by atoms with Gasteiger partial charge < -0.3 is 18.9 Å². The number of methoxy groups -OCH3 is 3. The van der Waals surface area contributed by atoms with Crippen LogP contribution >= 0.6 is 11.3 Å². The molecule has 0 radical (unpaired) electrons. The highest BCUT2D eigenvalue weighted by molar-refractivity contribution is 7.07. The van der Waals surface area contributed by atoms with E-state index in [1.165, 1.54) is 18.4 Å². The highest BCUT2D eigenvalue weighted by Gasteiger charge is 2.55. The zero-order chi connectivity index (χ0) is 23.3. The van der Waals surface area contributed by atoms with Gasteiger partial charge in [0, 0.05) is 5.56 Å². The van der Waals surface area contributed by atoms with Crippen LogP contribution in [0.4, 0.5) is 0 Å². The lowest BCUT2D eigenvalue weighted by molar-refractivity contribution is -0.158. The molecule has 1 aromatic heterocycles. The summed E-state index contributed by atoms with van der Waals surface area (Å²) in [5.74, 6) is 0.487. The van der Waals surface area contributed by atoms with Crippen LogP contribution in [-0.2, 0) is 9.53 Å². The zero-order valence-electron chi connectivity index (χ0n) is 18.5. The van der Waals surface area contributed by atoms with Crippen LogP contribution in [0.5, 0.6) is 17.2 Å². The van der Waals surface area contributed by atoms with Crippen molar-refractivity contribution in [2.75, 3.05) is 21.3 Å². The van der Waals surface area contributed by atoms with Gasteiger partial charge in [-0.3, -0.25) is 14.2 Å². The summed E-state index contributed by atoms with van der Waals surface area (Å²) in [5, 5.41) is 0. The molecule has 0 N–H and O–H groups in total. The summed E-state index contributed by atoms with van der Waals surface area (Å²) in [5.41, 5.74) is 0.105. The molecule has 0 spiro atoms. The quantitative estimate of drug-likeness (QED) is 0.546. The van der Waals surface area contributed by atoms with Crippen molar-refractivity contribution in [1.29, 1.82) is 0 Å². The monoisotopic (exact) mass is 466 g/mol. The van der Waals surface area contributed by atoms with Gasteiger partial charge in [0.15, 0.2) is 16.3 Å². The summed E-state index contributed by atoms with van der Waals surface area (Å²) in [6.07, 6.45) is 1.78. The maximum atomic E-state index is 13.6. The van der Waals surface area contributed by atoms with E-state index in [4.69, 9.17) is 23.9 Å². The number of hydrogen-bond acceptors (Lipinski definition) is 8. The Morgan fingerprint density at radius 2 is 1.91 bits per heavy atom. The number of para-hydroxylation sites is 1. The Bertz CT molecular complexity index is 1440. The van der Waals surface area contributed by atoms with Gasteiger partial charge in [0.25, 0.3) is 5.56 Å². The lowest BCUT2D eigenvalue weighted by atomic mass is 9.81. The molecule has 3 heterocycles. The standard InChI is InChI=1S/C24H22N2O6S/c1-24-19(22(28)31-4)20(14-7-5-6-8-15(14)32-24)26-21(27)18(33-23(26)25-24)12-13-9-10-16(29-2)17(11-13)30-3/h5-12,19-20H,1-4H3. The predicted octanol–water partition coefficient (Wildman–Crippen LogP) is 1.88. The van der Waals surface area contributed by atoms with E-state index in [-0.39, 0.29) is 5.56 Å². The first-order valence-corrected chi connectivity index (χ1v) is 11.1. The Balaban J connectivity index is 1.74. The second-order valence-corrected chi connectivity index (χ2v) is 8.94. The van der Waals surface area contributed by atoms with Crippen LogP contribution in [0.2, 0.25) is 0 Å². The molecule has 0 fully saturated rings. The van der Waals surface area contributed by atoms with Crippen molar-refractivity contribution in [2.45, 2.75) is 18.7 Å². The van der Waals surface area contributed by atoms with Crippen LogP contribution in [-0.4, -0.2) is 37.6 Å². The number of nitrogens with zero attached hydrogens (tertiary/aromatic N) is 2. The third-order valence-corrected chi connectivity index (χ3v) is 7.02. The molecule has 9 heteroatoms. The van der Waals surface area contributed by atoms with Crippen LogP contribution in [0.1, 0.15) is 24.1 Å². The number of thiazole rings is 1. The number of fused-ring (bicyclic) bond motifs is 6. The number of aromatic nitrogens is 1. The molecular formula is C24H22N2O6S. The molecule has 0 saturated heterocycles. The Morgan fingerprint density at radius 3 is 2.64 bits per heavy atom. The highest BCUT2D eigenvalue weighted by atomic mass is 32.1. The van der Waals surface area contributed by atoms with Gasteiger partial charge in [-0.05, 0) is 36.8 Å². The molecule has 2 aliphatic rings. The molecule has 2 aliphatic heterocycles. The molecule has 33 heavy (non-hydrogen) atoms. The molecule has 5 rings (SSSR count). The van der Waals surface area contributed by atoms with E-state index < -0.39 is 23.7 Å². The van der Waals surface area contributed by atoms with Crippen molar-refractivity contribution in [3.8, 4) is 17.2 Å². The molecule has 8 nitrogen and oxygen atoms in total. The SMILES string of the molecule is COC(=O)C1C2c3ccccc3OC1(C)N=c1sc(=Cc3ccc(OC)c(OC)c3)c(=O)n12. The van der Waals surface area contributed by atoms with Crippen molar-refractivity contribution in [2.24, 2.45) is 10.9 Å². The fraction of sp³-hybridized carbons (Fsp3) is 0.292. The first-order valence-electron chi connectivity index (χ1n) is 10.3. The zero-order valence-corrected chi connectivity index (χ0v) is 19.3. The van der Waals surface area contributed by atoms with Gasteiger partial charge in [-0.2, -0.15) is 0 Å². The van der Waals surface area contributed by atoms with Gasteiger partial charge in [-0.15, -0.1) is 0 Å². The van der Waals surface area contributed by atoms with Gasteiger partial charge in [0.05, 0.1) is 31.9 Å². The average Bonchev–Trinajstić information content (AvgIpc) is 3.11. The molecule has 0 saturated carbocycles. The molecular weight excluding hydrogens is 444 g/mol. The Hall–Kier alpha value is -3.59. The first-order chi connectivity index (χ1) is 15.9. The molecule has 2 bridgehead atoms. The summed E-state index contributed by atoms with van der Waals surface area (Å²) >= 11 is 1.26. The summed E-state index contributed by atoms with van der Waals surface area (Å²) < 4.78 is 24.0. The largest absolute Gasteiger partial charge is 0.493 e. The van der Waals surface area contributed by atoms with Crippen molar-refractivity contribution in [3.63, 3.8) is 0 Å². The number of ether oxygens (including phenoxy) is 4. The van der Waals surface area contributed by atoms with Gasteiger partial charge in [0.2, 0.25) is 5.72 Å². The van der Waals surface area contributed by atoms with E-state index >= 15 is 0 Å². The van der Waals surface area contributed by atoms with Gasteiger partial charge in [0.1, 0.15) is 11.7 Å². The van der Waals surface area contributed by atoms with Gasteiger partial charge in [-0.1, -0.05) is 35.6 Å². The Kier molecular flexibility index (Phi) is 5.01. The van der Waals surface area contributed by atoms with Crippen LogP contribution in [0.25, 0.3) is 6.08 Å². The molecule has 2 aromatic carbocycles. The third kappa shape index (κ3) is 3.22. The molecule has 0 amide bonds. The Morgan fingerprint density at radius 1 is 1.15 bits per heavy atom. The minimum absolute atomic E-state index is 0.230. The minimum Gasteiger partial charge on any atom is -0.493 e. The smallest absolute Gasteiger partial charge is 0.317 e. The van der Waals surface area contributed by atoms with E-state index in [0.717, 1.165) is 11.1 Å². The molecule has 170 valence electrons. The van der Waals surface area contributed by atoms with Crippen molar-refractivity contribution >= 4 is 23.4 Å². The number of esters is 1. The lowest BCUT2D eigenvalue weighted by Gasteiger charge is -2.44. The van der Waals surface area contributed by atoms with Gasteiger partial charge >= 0.3 is 5.97 Å². The normalized spacial score (nSPS) is 23.0. The average molecular weight is 467 g/mol. The number of rotatable bonds is 4.